The van der Waals surface area contributed by atoms with Gasteiger partial charge in [0.1, 0.15) is 6.10 Å². The van der Waals surface area contributed by atoms with Gasteiger partial charge < -0.3 is 19.7 Å². The molecule has 10 atom stereocenters. The van der Waals surface area contributed by atoms with E-state index in [1.807, 2.05) is 0 Å². The quantitative estimate of drug-likeness (QED) is 0.481. The Morgan fingerprint density at radius 1 is 1.06 bits per heavy atom. The highest BCUT2D eigenvalue weighted by atomic mass is 16.6. The molecule has 4 fully saturated rings. The lowest BCUT2D eigenvalue weighted by atomic mass is 9.46. The highest BCUT2D eigenvalue weighted by Gasteiger charge is 2.84. The van der Waals surface area contributed by atoms with Gasteiger partial charge >= 0.3 is 5.97 Å². The van der Waals surface area contributed by atoms with Gasteiger partial charge in [-0.1, -0.05) is 27.7 Å². The summed E-state index contributed by atoms with van der Waals surface area (Å²) in [6.45, 7) is 14.6. The van der Waals surface area contributed by atoms with Gasteiger partial charge in [0.05, 0.1) is 17.5 Å². The Morgan fingerprint density at radius 2 is 1.78 bits per heavy atom. The molecule has 2 N–H and O–H groups in total. The first-order chi connectivity index (χ1) is 16.7. The van der Waals surface area contributed by atoms with Crippen LogP contribution >= 0.6 is 0 Å². The summed E-state index contributed by atoms with van der Waals surface area (Å²) in [5.74, 6) is 3.48. The van der Waals surface area contributed by atoms with E-state index in [-0.39, 0.29) is 29.0 Å². The van der Waals surface area contributed by atoms with Crippen molar-refractivity contribution in [3.63, 3.8) is 0 Å². The Labute approximate surface area is 217 Å². The van der Waals surface area contributed by atoms with Gasteiger partial charge in [-0.2, -0.15) is 0 Å². The smallest absolute Gasteiger partial charge is 0.303 e. The Morgan fingerprint density at radius 3 is 2.44 bits per heavy atom. The minimum atomic E-state index is -1.15. The van der Waals surface area contributed by atoms with Crippen molar-refractivity contribution in [2.24, 2.45) is 45.3 Å². The lowest BCUT2D eigenvalue weighted by molar-refractivity contribution is -0.177. The second-order valence-electron chi connectivity index (χ2n) is 14.9. The first-order valence-corrected chi connectivity index (χ1v) is 14.7. The standard InChI is InChI=1S/C31H48O5/c1-17-30-15-14-29(7)20-8-10-22(26(28(5,6)34)35-18(2)32)36-23(20)16-21(29)19(30)9-11-24-27(3,4)25(33)12-13-31(17,24)30/h17,19,21-22,24-26,33-34H,8-16H2,1-7H3/t17-,19-,21?,22+,24?,25-,26-,29+,30-,31?/m0/s1. The van der Waals surface area contributed by atoms with E-state index in [9.17, 15) is 15.0 Å². The van der Waals surface area contributed by atoms with E-state index in [0.717, 1.165) is 43.3 Å². The largest absolute Gasteiger partial charge is 0.491 e. The highest BCUT2D eigenvalue weighted by Crippen LogP contribution is 2.89. The number of rotatable bonds is 3. The molecule has 0 aromatic rings. The zero-order valence-corrected chi connectivity index (χ0v) is 23.5. The van der Waals surface area contributed by atoms with Crippen LogP contribution in [0.15, 0.2) is 11.3 Å². The maximum Gasteiger partial charge on any atom is 0.303 e. The van der Waals surface area contributed by atoms with Crippen LogP contribution in [0.25, 0.3) is 0 Å². The number of esters is 1. The maximum atomic E-state index is 11.8. The van der Waals surface area contributed by atoms with Crippen LogP contribution < -0.4 is 0 Å². The fraction of sp³-hybridized carbons (Fsp3) is 0.903. The normalized spacial score (nSPS) is 49.5. The van der Waals surface area contributed by atoms with Crippen LogP contribution in [0.2, 0.25) is 0 Å². The van der Waals surface area contributed by atoms with Gasteiger partial charge in [0.15, 0.2) is 6.10 Å². The Hall–Kier alpha value is -1.07. The lowest BCUT2D eigenvalue weighted by Gasteiger charge is -2.58. The van der Waals surface area contributed by atoms with Crippen molar-refractivity contribution in [3.8, 4) is 0 Å². The fourth-order valence-corrected chi connectivity index (χ4v) is 11.5. The first-order valence-electron chi connectivity index (χ1n) is 14.7. The molecule has 0 radical (unpaired) electrons. The number of hydrogen-bond acceptors (Lipinski definition) is 5. The minimum Gasteiger partial charge on any atom is -0.491 e. The van der Waals surface area contributed by atoms with Crippen LogP contribution in [-0.2, 0) is 14.3 Å². The van der Waals surface area contributed by atoms with E-state index in [0.29, 0.717) is 22.7 Å². The minimum absolute atomic E-state index is 0.00799. The number of fused-ring (bicyclic) bond motifs is 3. The van der Waals surface area contributed by atoms with Crippen molar-refractivity contribution in [3.05, 3.63) is 11.3 Å². The zero-order valence-electron chi connectivity index (χ0n) is 23.5. The summed E-state index contributed by atoms with van der Waals surface area (Å²) in [5, 5.41) is 21.7. The van der Waals surface area contributed by atoms with E-state index >= 15 is 0 Å². The summed E-state index contributed by atoms with van der Waals surface area (Å²) in [4.78, 5) is 11.8. The summed E-state index contributed by atoms with van der Waals surface area (Å²) in [6.07, 6.45) is 8.85. The van der Waals surface area contributed by atoms with Gasteiger partial charge in [0.2, 0.25) is 0 Å². The van der Waals surface area contributed by atoms with E-state index in [2.05, 4.69) is 27.7 Å². The molecule has 2 spiro atoms. The number of ether oxygens (including phenoxy) is 2. The monoisotopic (exact) mass is 500 g/mol. The van der Waals surface area contributed by atoms with Crippen molar-refractivity contribution in [2.75, 3.05) is 0 Å². The van der Waals surface area contributed by atoms with Crippen LogP contribution in [0.3, 0.4) is 0 Å². The molecule has 1 aliphatic heterocycles. The SMILES string of the molecule is CC(=O)O[C@@H]([C@H]1CCC2=C(CC3[C@@H]4CCC5C(C)(C)[C@@H](O)CCC56[C@@H](C)[C@@]46CC[C@]23C)O1)C(C)(C)O. The molecule has 5 nitrogen and oxygen atoms in total. The molecule has 0 saturated heterocycles. The summed E-state index contributed by atoms with van der Waals surface area (Å²) < 4.78 is 12.3. The molecule has 5 heteroatoms. The van der Waals surface area contributed by atoms with Crippen LogP contribution in [0.4, 0.5) is 0 Å². The van der Waals surface area contributed by atoms with Crippen LogP contribution in [0, 0.1) is 45.3 Å². The summed E-state index contributed by atoms with van der Waals surface area (Å²) >= 11 is 0. The third-order valence-electron chi connectivity index (χ3n) is 13.1. The highest BCUT2D eigenvalue weighted by molar-refractivity contribution is 5.66. The molecule has 1 heterocycles. The van der Waals surface area contributed by atoms with E-state index in [1.165, 1.54) is 44.6 Å². The molecule has 36 heavy (non-hydrogen) atoms. The molecule has 0 aromatic heterocycles. The number of allylic oxidation sites excluding steroid dienone is 2. The number of carbonyl (C=O) groups excluding carboxylic acids is 1. The van der Waals surface area contributed by atoms with Gasteiger partial charge in [-0.05, 0) is 116 Å². The number of aliphatic hydroxyl groups excluding tert-OH is 1. The average Bonchev–Trinajstić information content (AvgIpc) is 3.17. The van der Waals surface area contributed by atoms with Crippen molar-refractivity contribution in [2.45, 2.75) is 130 Å². The number of aliphatic hydroxyl groups is 2. The average molecular weight is 501 g/mol. The van der Waals surface area contributed by atoms with Crippen molar-refractivity contribution < 1.29 is 24.5 Å². The van der Waals surface area contributed by atoms with Crippen LogP contribution in [0.5, 0.6) is 0 Å². The number of hydrogen-bond donors (Lipinski definition) is 2. The molecule has 6 aliphatic rings. The molecule has 4 saturated carbocycles. The first kappa shape index (κ1) is 25.2. The Balaban J connectivity index is 1.28. The number of carbonyl (C=O) groups is 1. The molecule has 3 unspecified atom stereocenters. The Kier molecular flexibility index (Phi) is 5.27. The molecule has 0 bridgehead atoms. The third-order valence-corrected chi connectivity index (χ3v) is 13.1. The second kappa shape index (κ2) is 7.52. The van der Waals surface area contributed by atoms with Gasteiger partial charge in [-0.15, -0.1) is 0 Å². The molecular weight excluding hydrogens is 452 g/mol. The predicted octanol–water partition coefficient (Wildman–Crippen LogP) is 5.77. The second-order valence-corrected chi connectivity index (χ2v) is 14.9. The summed E-state index contributed by atoms with van der Waals surface area (Å²) in [7, 11) is 0. The predicted molar refractivity (Wildman–Crippen MR) is 138 cm³/mol. The molecule has 5 aliphatic carbocycles. The maximum absolute atomic E-state index is 11.8. The van der Waals surface area contributed by atoms with Gasteiger partial charge in [0, 0.05) is 13.3 Å². The summed E-state index contributed by atoms with van der Waals surface area (Å²) in [6, 6.07) is 0. The van der Waals surface area contributed by atoms with E-state index in [4.69, 9.17) is 9.47 Å². The summed E-state index contributed by atoms with van der Waals surface area (Å²) in [5.41, 5.74) is 1.41. The topological polar surface area (TPSA) is 76.0 Å². The fourth-order valence-electron chi connectivity index (χ4n) is 11.5. The zero-order chi connectivity index (χ0) is 26.1. The molecular formula is C31H48O5. The van der Waals surface area contributed by atoms with Crippen molar-refractivity contribution >= 4 is 5.97 Å². The molecule has 202 valence electrons. The molecule has 6 rings (SSSR count). The third kappa shape index (κ3) is 2.94. The van der Waals surface area contributed by atoms with Gasteiger partial charge in [-0.25, -0.2) is 0 Å². The van der Waals surface area contributed by atoms with Crippen LogP contribution in [-0.4, -0.2) is 40.1 Å². The van der Waals surface area contributed by atoms with Gasteiger partial charge in [-0.3, -0.25) is 4.79 Å². The van der Waals surface area contributed by atoms with E-state index in [1.54, 1.807) is 13.8 Å². The van der Waals surface area contributed by atoms with Crippen molar-refractivity contribution in [1.82, 2.24) is 0 Å². The van der Waals surface area contributed by atoms with E-state index < -0.39 is 11.7 Å². The lowest BCUT2D eigenvalue weighted by Crippen LogP contribution is -2.54. The van der Waals surface area contributed by atoms with Gasteiger partial charge in [0.25, 0.3) is 0 Å². The molecule has 0 aromatic carbocycles. The molecule has 0 amide bonds. The van der Waals surface area contributed by atoms with Crippen molar-refractivity contribution in [1.29, 1.82) is 0 Å². The Bertz CT molecular complexity index is 991. The van der Waals surface area contributed by atoms with Crippen LogP contribution in [0.1, 0.15) is 106 Å².